The Bertz CT molecular complexity index is 228. The first-order valence-corrected chi connectivity index (χ1v) is 6.26. The Labute approximate surface area is 92.2 Å². The zero-order chi connectivity index (χ0) is 10.7. The van der Waals surface area contributed by atoms with Gasteiger partial charge in [-0.2, -0.15) is 0 Å². The van der Waals surface area contributed by atoms with Gasteiger partial charge in [-0.15, -0.1) is 0 Å². The van der Waals surface area contributed by atoms with Crippen LogP contribution in [0.15, 0.2) is 0 Å². The van der Waals surface area contributed by atoms with Crippen LogP contribution in [0.1, 0.15) is 39.0 Å². The molecule has 0 aromatic heterocycles. The molecular formula is C12H22N2O. The van der Waals surface area contributed by atoms with Crippen molar-refractivity contribution in [3.05, 3.63) is 0 Å². The minimum Gasteiger partial charge on any atom is -0.356 e. The predicted molar refractivity (Wildman–Crippen MR) is 60.6 cm³/mol. The van der Waals surface area contributed by atoms with Gasteiger partial charge in [-0.05, 0) is 44.7 Å². The SMILES string of the molecule is CC(=O)NC[C@@H]1CCCN2CCCC[C@H]12. The molecule has 0 unspecified atom stereocenters. The van der Waals surface area contributed by atoms with Crippen LogP contribution in [0, 0.1) is 5.92 Å². The molecule has 86 valence electrons. The summed E-state index contributed by atoms with van der Waals surface area (Å²) >= 11 is 0. The van der Waals surface area contributed by atoms with Crippen molar-refractivity contribution in [3.8, 4) is 0 Å². The summed E-state index contributed by atoms with van der Waals surface area (Å²) < 4.78 is 0. The Morgan fingerprint density at radius 2 is 2.07 bits per heavy atom. The molecule has 0 spiro atoms. The van der Waals surface area contributed by atoms with Crippen LogP contribution >= 0.6 is 0 Å². The molecule has 2 fully saturated rings. The third kappa shape index (κ3) is 2.71. The maximum atomic E-state index is 10.9. The maximum Gasteiger partial charge on any atom is 0.216 e. The Morgan fingerprint density at radius 1 is 1.27 bits per heavy atom. The lowest BCUT2D eigenvalue weighted by Crippen LogP contribution is -2.50. The van der Waals surface area contributed by atoms with E-state index in [0.717, 1.165) is 12.6 Å². The van der Waals surface area contributed by atoms with Crippen LogP contribution in [0.5, 0.6) is 0 Å². The number of carbonyl (C=O) groups excluding carboxylic acids is 1. The van der Waals surface area contributed by atoms with Gasteiger partial charge in [-0.25, -0.2) is 0 Å². The van der Waals surface area contributed by atoms with E-state index in [-0.39, 0.29) is 5.91 Å². The van der Waals surface area contributed by atoms with Crippen molar-refractivity contribution < 1.29 is 4.79 Å². The fourth-order valence-electron chi connectivity index (χ4n) is 3.09. The van der Waals surface area contributed by atoms with Gasteiger partial charge in [-0.1, -0.05) is 6.42 Å². The number of hydrogen-bond acceptors (Lipinski definition) is 2. The molecule has 0 saturated carbocycles. The second-order valence-electron chi connectivity index (χ2n) is 4.94. The highest BCUT2D eigenvalue weighted by molar-refractivity contribution is 5.72. The summed E-state index contributed by atoms with van der Waals surface area (Å²) in [5.74, 6) is 0.811. The highest BCUT2D eigenvalue weighted by atomic mass is 16.1. The Hall–Kier alpha value is -0.570. The lowest BCUT2D eigenvalue weighted by molar-refractivity contribution is -0.119. The maximum absolute atomic E-state index is 10.9. The van der Waals surface area contributed by atoms with Crippen molar-refractivity contribution >= 4 is 5.91 Å². The van der Waals surface area contributed by atoms with Crippen LogP contribution in [0.2, 0.25) is 0 Å². The molecule has 2 rings (SSSR count). The molecule has 2 atom stereocenters. The molecule has 0 aromatic carbocycles. The lowest BCUT2D eigenvalue weighted by Gasteiger charge is -2.44. The minimum absolute atomic E-state index is 0.114. The third-order valence-electron chi connectivity index (χ3n) is 3.84. The first kappa shape index (κ1) is 10.9. The van der Waals surface area contributed by atoms with Gasteiger partial charge in [0.15, 0.2) is 0 Å². The quantitative estimate of drug-likeness (QED) is 0.747. The molecular weight excluding hydrogens is 188 g/mol. The highest BCUT2D eigenvalue weighted by Gasteiger charge is 2.32. The van der Waals surface area contributed by atoms with E-state index in [2.05, 4.69) is 10.2 Å². The van der Waals surface area contributed by atoms with Gasteiger partial charge in [0.2, 0.25) is 5.91 Å². The van der Waals surface area contributed by atoms with E-state index in [4.69, 9.17) is 0 Å². The van der Waals surface area contributed by atoms with Gasteiger partial charge in [0.1, 0.15) is 0 Å². The van der Waals surface area contributed by atoms with Crippen molar-refractivity contribution in [1.29, 1.82) is 0 Å². The van der Waals surface area contributed by atoms with Crippen LogP contribution in [0.3, 0.4) is 0 Å². The fourth-order valence-corrected chi connectivity index (χ4v) is 3.09. The highest BCUT2D eigenvalue weighted by Crippen LogP contribution is 2.30. The van der Waals surface area contributed by atoms with E-state index >= 15 is 0 Å². The summed E-state index contributed by atoms with van der Waals surface area (Å²) in [4.78, 5) is 13.6. The molecule has 2 saturated heterocycles. The molecule has 15 heavy (non-hydrogen) atoms. The number of rotatable bonds is 2. The average Bonchev–Trinajstić information content (AvgIpc) is 2.26. The topological polar surface area (TPSA) is 32.3 Å². The lowest BCUT2D eigenvalue weighted by atomic mass is 9.83. The van der Waals surface area contributed by atoms with E-state index in [1.165, 1.54) is 45.2 Å². The van der Waals surface area contributed by atoms with Gasteiger partial charge in [-0.3, -0.25) is 4.79 Å². The zero-order valence-electron chi connectivity index (χ0n) is 9.67. The van der Waals surface area contributed by atoms with Gasteiger partial charge < -0.3 is 10.2 Å². The summed E-state index contributed by atoms with van der Waals surface area (Å²) in [6.45, 7) is 5.06. The average molecular weight is 210 g/mol. The van der Waals surface area contributed by atoms with Crippen molar-refractivity contribution in [2.24, 2.45) is 5.92 Å². The van der Waals surface area contributed by atoms with E-state index in [1.807, 2.05) is 0 Å². The van der Waals surface area contributed by atoms with Crippen LogP contribution < -0.4 is 5.32 Å². The van der Waals surface area contributed by atoms with Gasteiger partial charge in [0, 0.05) is 19.5 Å². The molecule has 0 aliphatic carbocycles. The molecule has 0 radical (unpaired) electrons. The monoisotopic (exact) mass is 210 g/mol. The number of nitrogens with zero attached hydrogens (tertiary/aromatic N) is 1. The fraction of sp³-hybridized carbons (Fsp3) is 0.917. The molecule has 2 heterocycles. The second-order valence-corrected chi connectivity index (χ2v) is 4.94. The standard InChI is InChI=1S/C12H22N2O/c1-10(15)13-9-11-5-4-8-14-7-3-2-6-12(11)14/h11-12H,2-9H2,1H3,(H,13,15)/t11-,12+/m0/s1. The molecule has 2 aliphatic rings. The minimum atomic E-state index is 0.114. The van der Waals surface area contributed by atoms with Gasteiger partial charge in [0.05, 0.1) is 0 Å². The van der Waals surface area contributed by atoms with Crippen molar-refractivity contribution in [2.45, 2.75) is 45.1 Å². The van der Waals surface area contributed by atoms with E-state index in [0.29, 0.717) is 5.92 Å². The normalized spacial score (nSPS) is 32.1. The number of carbonyl (C=O) groups is 1. The van der Waals surface area contributed by atoms with E-state index in [1.54, 1.807) is 6.92 Å². The molecule has 2 aliphatic heterocycles. The van der Waals surface area contributed by atoms with Crippen LogP contribution in [0.25, 0.3) is 0 Å². The molecule has 1 N–H and O–H groups in total. The molecule has 0 aromatic rings. The van der Waals surface area contributed by atoms with E-state index in [9.17, 15) is 4.79 Å². The summed E-state index contributed by atoms with van der Waals surface area (Å²) in [6.07, 6.45) is 6.67. The predicted octanol–water partition coefficient (Wildman–Crippen LogP) is 1.39. The number of piperidine rings is 2. The van der Waals surface area contributed by atoms with E-state index < -0.39 is 0 Å². The number of fused-ring (bicyclic) bond motifs is 1. The summed E-state index contributed by atoms with van der Waals surface area (Å²) in [5, 5.41) is 2.98. The number of hydrogen-bond donors (Lipinski definition) is 1. The van der Waals surface area contributed by atoms with Gasteiger partial charge in [0.25, 0.3) is 0 Å². The largest absolute Gasteiger partial charge is 0.356 e. The van der Waals surface area contributed by atoms with Crippen LogP contribution in [-0.2, 0) is 4.79 Å². The summed E-state index contributed by atoms with van der Waals surface area (Å²) in [5.41, 5.74) is 0. The summed E-state index contributed by atoms with van der Waals surface area (Å²) in [7, 11) is 0. The first-order chi connectivity index (χ1) is 7.27. The smallest absolute Gasteiger partial charge is 0.216 e. The molecule has 1 amide bonds. The number of amides is 1. The van der Waals surface area contributed by atoms with Crippen LogP contribution in [-0.4, -0.2) is 36.5 Å². The van der Waals surface area contributed by atoms with Gasteiger partial charge >= 0.3 is 0 Å². The molecule has 3 nitrogen and oxygen atoms in total. The zero-order valence-corrected chi connectivity index (χ0v) is 9.67. The summed E-state index contributed by atoms with van der Waals surface area (Å²) in [6, 6.07) is 0.749. The van der Waals surface area contributed by atoms with Crippen molar-refractivity contribution in [3.63, 3.8) is 0 Å². The first-order valence-electron chi connectivity index (χ1n) is 6.26. The molecule has 0 bridgehead atoms. The van der Waals surface area contributed by atoms with Crippen molar-refractivity contribution in [1.82, 2.24) is 10.2 Å². The molecule has 3 heteroatoms. The Balaban J connectivity index is 1.88. The van der Waals surface area contributed by atoms with Crippen LogP contribution in [0.4, 0.5) is 0 Å². The Morgan fingerprint density at radius 3 is 2.87 bits per heavy atom. The van der Waals surface area contributed by atoms with Crippen molar-refractivity contribution in [2.75, 3.05) is 19.6 Å². The third-order valence-corrected chi connectivity index (χ3v) is 3.84. The second kappa shape index (κ2) is 4.97. The number of nitrogens with one attached hydrogen (secondary N) is 1. The Kier molecular flexibility index (Phi) is 3.62.